The average molecular weight is 334 g/mol. The normalized spacial score (nSPS) is 11.0. The molecule has 5 nitrogen and oxygen atoms in total. The number of amides is 1. The van der Waals surface area contributed by atoms with Crippen LogP contribution in [0.5, 0.6) is 0 Å². The third-order valence-corrected chi connectivity index (χ3v) is 4.60. The molecule has 4 rings (SSSR count). The Labute approximate surface area is 142 Å². The molecule has 0 saturated heterocycles. The largest absolute Gasteiger partial charge is 0.399 e. The highest BCUT2D eigenvalue weighted by molar-refractivity contribution is 7.22. The van der Waals surface area contributed by atoms with E-state index in [4.69, 9.17) is 5.73 Å². The lowest BCUT2D eigenvalue weighted by Gasteiger charge is -2.04. The number of fused-ring (bicyclic) bond motifs is 2. The minimum Gasteiger partial charge on any atom is -0.399 e. The number of carbonyl (C=O) groups is 1. The number of rotatable bonds is 3. The summed E-state index contributed by atoms with van der Waals surface area (Å²) in [5.41, 5.74) is 8.89. The number of pyridine rings is 1. The monoisotopic (exact) mass is 334 g/mol. The molecule has 118 valence electrons. The highest BCUT2D eigenvalue weighted by Gasteiger charge is 2.09. The zero-order valence-corrected chi connectivity index (χ0v) is 13.5. The Kier molecular flexibility index (Phi) is 3.59. The van der Waals surface area contributed by atoms with Gasteiger partial charge in [-0.3, -0.25) is 9.78 Å². The summed E-state index contributed by atoms with van der Waals surface area (Å²) in [5, 5.41) is 4.42. The van der Waals surface area contributed by atoms with Gasteiger partial charge in [-0.1, -0.05) is 29.5 Å². The van der Waals surface area contributed by atoms with Crippen LogP contribution in [0.15, 0.2) is 54.6 Å². The van der Waals surface area contributed by atoms with Gasteiger partial charge in [0.1, 0.15) is 0 Å². The predicted molar refractivity (Wildman–Crippen MR) is 98.1 cm³/mol. The Morgan fingerprint density at radius 3 is 2.79 bits per heavy atom. The smallest absolute Gasteiger partial charge is 0.232 e. The number of hydrogen-bond acceptors (Lipinski definition) is 5. The van der Waals surface area contributed by atoms with Crippen molar-refractivity contribution < 1.29 is 4.79 Å². The average Bonchev–Trinajstić information content (AvgIpc) is 2.97. The van der Waals surface area contributed by atoms with Crippen LogP contribution in [0.4, 0.5) is 10.8 Å². The fourth-order valence-electron chi connectivity index (χ4n) is 2.54. The summed E-state index contributed by atoms with van der Waals surface area (Å²) in [6, 6.07) is 17.1. The third kappa shape index (κ3) is 2.91. The molecule has 0 aliphatic heterocycles. The topological polar surface area (TPSA) is 80.9 Å². The van der Waals surface area contributed by atoms with Crippen molar-refractivity contribution in [1.82, 2.24) is 9.97 Å². The van der Waals surface area contributed by atoms with E-state index < -0.39 is 0 Å². The fraction of sp³-hybridized carbons (Fsp3) is 0.0556. The van der Waals surface area contributed by atoms with Crippen molar-refractivity contribution in [3.8, 4) is 0 Å². The second-order valence-corrected chi connectivity index (χ2v) is 6.50. The summed E-state index contributed by atoms with van der Waals surface area (Å²) >= 11 is 1.46. The lowest BCUT2D eigenvalue weighted by molar-refractivity contribution is -0.115. The second kappa shape index (κ2) is 5.90. The molecule has 0 bridgehead atoms. The molecule has 0 fully saturated rings. The van der Waals surface area contributed by atoms with Crippen LogP contribution in [0.25, 0.3) is 21.1 Å². The van der Waals surface area contributed by atoms with Crippen LogP contribution in [0, 0.1) is 0 Å². The molecular weight excluding hydrogens is 320 g/mol. The van der Waals surface area contributed by atoms with Crippen LogP contribution in [0.3, 0.4) is 0 Å². The van der Waals surface area contributed by atoms with Crippen molar-refractivity contribution in [2.24, 2.45) is 0 Å². The van der Waals surface area contributed by atoms with Crippen molar-refractivity contribution in [1.29, 1.82) is 0 Å². The van der Waals surface area contributed by atoms with Gasteiger partial charge in [0.25, 0.3) is 0 Å². The first-order valence-electron chi connectivity index (χ1n) is 7.48. The van der Waals surface area contributed by atoms with Crippen molar-refractivity contribution in [3.05, 3.63) is 60.3 Å². The molecular formula is C18H14N4OS. The Hall–Kier alpha value is -2.99. The lowest BCUT2D eigenvalue weighted by atomic mass is 10.1. The first-order valence-corrected chi connectivity index (χ1v) is 8.30. The first kappa shape index (κ1) is 14.6. The molecule has 2 heterocycles. The number of nitrogens with two attached hydrogens (primary N) is 1. The maximum Gasteiger partial charge on any atom is 0.232 e. The quantitative estimate of drug-likeness (QED) is 0.561. The molecule has 0 saturated carbocycles. The van der Waals surface area contributed by atoms with Gasteiger partial charge >= 0.3 is 0 Å². The SMILES string of the molecule is Nc1ccc2nc(CC(=O)Nc3nc4ccccc4s3)ccc2c1. The minimum absolute atomic E-state index is 0.128. The number of thiazole rings is 1. The number of hydrogen-bond donors (Lipinski definition) is 2. The number of nitrogens with one attached hydrogen (secondary N) is 1. The molecule has 3 N–H and O–H groups in total. The molecule has 24 heavy (non-hydrogen) atoms. The molecule has 0 unspecified atom stereocenters. The number of nitrogens with zero attached hydrogens (tertiary/aromatic N) is 2. The number of para-hydroxylation sites is 1. The van der Waals surface area contributed by atoms with E-state index >= 15 is 0 Å². The van der Waals surface area contributed by atoms with Gasteiger partial charge in [0.15, 0.2) is 5.13 Å². The van der Waals surface area contributed by atoms with Crippen molar-refractivity contribution in [2.75, 3.05) is 11.1 Å². The van der Waals surface area contributed by atoms with E-state index in [1.54, 1.807) is 6.07 Å². The van der Waals surface area contributed by atoms with Crippen LogP contribution in [-0.4, -0.2) is 15.9 Å². The number of benzene rings is 2. The van der Waals surface area contributed by atoms with E-state index in [1.807, 2.05) is 48.5 Å². The highest BCUT2D eigenvalue weighted by atomic mass is 32.1. The number of nitrogen functional groups attached to an aromatic ring is 1. The molecule has 1 amide bonds. The van der Waals surface area contributed by atoms with Crippen LogP contribution < -0.4 is 11.1 Å². The van der Waals surface area contributed by atoms with Gasteiger partial charge in [0.2, 0.25) is 5.91 Å². The standard InChI is InChI=1S/C18H14N4OS/c19-12-6-8-14-11(9-12)5-7-13(20-14)10-17(23)22-18-21-15-3-1-2-4-16(15)24-18/h1-9H,10,19H2,(H,21,22,23). The summed E-state index contributed by atoms with van der Waals surface area (Å²) in [7, 11) is 0. The lowest BCUT2D eigenvalue weighted by Crippen LogP contribution is -2.14. The van der Waals surface area contributed by atoms with E-state index in [0.717, 1.165) is 21.1 Å². The molecule has 0 spiro atoms. The maximum absolute atomic E-state index is 12.2. The van der Waals surface area contributed by atoms with Gasteiger partial charge in [0.05, 0.1) is 27.8 Å². The van der Waals surface area contributed by atoms with Gasteiger partial charge in [-0.15, -0.1) is 0 Å². The van der Waals surface area contributed by atoms with Gasteiger partial charge in [0, 0.05) is 11.1 Å². The molecule has 0 radical (unpaired) electrons. The van der Waals surface area contributed by atoms with Crippen LogP contribution in [0.2, 0.25) is 0 Å². The van der Waals surface area contributed by atoms with E-state index in [1.165, 1.54) is 11.3 Å². The Morgan fingerprint density at radius 1 is 1.04 bits per heavy atom. The van der Waals surface area contributed by atoms with E-state index in [-0.39, 0.29) is 12.3 Å². The molecule has 0 aliphatic carbocycles. The maximum atomic E-state index is 12.2. The van der Waals surface area contributed by atoms with E-state index in [9.17, 15) is 4.79 Å². The number of carbonyl (C=O) groups excluding carboxylic acids is 1. The Morgan fingerprint density at radius 2 is 1.92 bits per heavy atom. The summed E-state index contributed by atoms with van der Waals surface area (Å²) in [4.78, 5) is 21.2. The predicted octanol–water partition coefficient (Wildman–Crippen LogP) is 3.61. The van der Waals surface area contributed by atoms with Crippen molar-refractivity contribution >= 4 is 49.2 Å². The summed E-state index contributed by atoms with van der Waals surface area (Å²) in [5.74, 6) is -0.128. The zero-order valence-electron chi connectivity index (χ0n) is 12.7. The molecule has 2 aromatic heterocycles. The third-order valence-electron chi connectivity index (χ3n) is 3.65. The summed E-state index contributed by atoms with van der Waals surface area (Å²) in [6.07, 6.45) is 0.205. The molecule has 6 heteroatoms. The molecule has 4 aromatic rings. The van der Waals surface area contributed by atoms with Gasteiger partial charge in [-0.25, -0.2) is 4.98 Å². The van der Waals surface area contributed by atoms with Crippen LogP contribution in [-0.2, 0) is 11.2 Å². The van der Waals surface area contributed by atoms with E-state index in [2.05, 4.69) is 15.3 Å². The highest BCUT2D eigenvalue weighted by Crippen LogP contribution is 2.25. The molecule has 0 atom stereocenters. The van der Waals surface area contributed by atoms with Crippen LogP contribution >= 0.6 is 11.3 Å². The number of aromatic nitrogens is 2. The van der Waals surface area contributed by atoms with Crippen LogP contribution in [0.1, 0.15) is 5.69 Å². The Balaban J connectivity index is 1.52. The minimum atomic E-state index is -0.128. The summed E-state index contributed by atoms with van der Waals surface area (Å²) in [6.45, 7) is 0. The molecule has 2 aromatic carbocycles. The Bertz CT molecular complexity index is 1020. The first-order chi connectivity index (χ1) is 11.7. The number of anilines is 2. The molecule has 0 aliphatic rings. The van der Waals surface area contributed by atoms with Crippen molar-refractivity contribution in [3.63, 3.8) is 0 Å². The van der Waals surface area contributed by atoms with Gasteiger partial charge < -0.3 is 11.1 Å². The van der Waals surface area contributed by atoms with Gasteiger partial charge in [-0.2, -0.15) is 0 Å². The second-order valence-electron chi connectivity index (χ2n) is 5.47. The summed E-state index contributed by atoms with van der Waals surface area (Å²) < 4.78 is 1.05. The van der Waals surface area contributed by atoms with Crippen molar-refractivity contribution in [2.45, 2.75) is 6.42 Å². The van der Waals surface area contributed by atoms with E-state index in [0.29, 0.717) is 16.5 Å². The zero-order chi connectivity index (χ0) is 16.5. The fourth-order valence-corrected chi connectivity index (χ4v) is 3.42. The van der Waals surface area contributed by atoms with Gasteiger partial charge in [-0.05, 0) is 36.4 Å².